The van der Waals surface area contributed by atoms with E-state index in [-0.39, 0.29) is 29.8 Å². The predicted molar refractivity (Wildman–Crippen MR) is 117 cm³/mol. The van der Waals surface area contributed by atoms with Gasteiger partial charge in [-0.25, -0.2) is 13.4 Å². The van der Waals surface area contributed by atoms with Crippen LogP contribution in [-0.4, -0.2) is 52.3 Å². The van der Waals surface area contributed by atoms with Gasteiger partial charge < -0.3 is 9.88 Å². The molecule has 1 N–H and O–H groups in total. The van der Waals surface area contributed by atoms with E-state index >= 15 is 0 Å². The molecule has 1 aromatic carbocycles. The summed E-state index contributed by atoms with van der Waals surface area (Å²) in [7, 11) is -3.36. The number of nitrogens with one attached hydrogen (secondary N) is 1. The molecule has 9 heteroatoms. The second-order valence-electron chi connectivity index (χ2n) is 8.12. The molecule has 1 aromatic heterocycles. The molecule has 4 rings (SSSR count). The number of benzene rings is 1. The Morgan fingerprint density at radius 3 is 2.71 bits per heavy atom. The number of hydrogen-bond donors (Lipinski definition) is 1. The van der Waals surface area contributed by atoms with E-state index in [1.165, 1.54) is 4.31 Å². The second kappa shape index (κ2) is 8.92. The number of fused-ring (bicyclic) bond motifs is 1. The average Bonchev–Trinajstić information content (AvgIpc) is 2.79. The van der Waals surface area contributed by atoms with Crippen LogP contribution in [0.2, 0.25) is 0 Å². The van der Waals surface area contributed by atoms with E-state index in [0.29, 0.717) is 43.0 Å². The van der Waals surface area contributed by atoms with Gasteiger partial charge in [0.25, 0.3) is 5.56 Å². The minimum Gasteiger partial charge on any atom is -0.332 e. The van der Waals surface area contributed by atoms with Crippen molar-refractivity contribution in [2.24, 2.45) is 0 Å². The van der Waals surface area contributed by atoms with Crippen molar-refractivity contribution in [2.45, 2.75) is 51.6 Å². The van der Waals surface area contributed by atoms with Crippen molar-refractivity contribution in [3.8, 4) is 0 Å². The van der Waals surface area contributed by atoms with Gasteiger partial charge in [-0.3, -0.25) is 9.59 Å². The highest BCUT2D eigenvalue weighted by molar-refractivity contribution is 7.89. The van der Waals surface area contributed by atoms with E-state index in [4.69, 9.17) is 4.98 Å². The molecular formula is C22H28N4O4S. The summed E-state index contributed by atoms with van der Waals surface area (Å²) in [5.74, 6) is 0.542. The zero-order valence-electron chi connectivity index (χ0n) is 17.7. The summed E-state index contributed by atoms with van der Waals surface area (Å²) in [5, 5.41) is 0. The molecule has 0 saturated carbocycles. The number of nitrogens with zero attached hydrogens (tertiary/aromatic N) is 3. The summed E-state index contributed by atoms with van der Waals surface area (Å²) >= 11 is 0. The molecule has 0 radical (unpaired) electrons. The first-order valence-electron chi connectivity index (χ1n) is 10.8. The van der Waals surface area contributed by atoms with Gasteiger partial charge in [0.15, 0.2) is 0 Å². The molecule has 31 heavy (non-hydrogen) atoms. The van der Waals surface area contributed by atoms with Crippen LogP contribution in [0.5, 0.6) is 0 Å². The summed E-state index contributed by atoms with van der Waals surface area (Å²) in [6.07, 6.45) is 3.35. The fourth-order valence-electron chi connectivity index (χ4n) is 4.38. The standard InChI is InChI=1S/C22H28N4O4S/c1-2-31(29,30)25-13-11-18-17(15-25)22(28)24-21(23-18)19-10-6-7-12-26(19)20(27)14-16-8-4-3-5-9-16/h3-5,8-9,19H,2,6-7,10-15H2,1H3,(H,23,24,28)/t19-/m1/s1. The highest BCUT2D eigenvalue weighted by Gasteiger charge is 2.33. The van der Waals surface area contributed by atoms with Crippen LogP contribution < -0.4 is 5.56 Å². The third-order valence-electron chi connectivity index (χ3n) is 6.15. The number of H-pyrrole nitrogens is 1. The van der Waals surface area contributed by atoms with Gasteiger partial charge in [-0.2, -0.15) is 4.31 Å². The zero-order chi connectivity index (χ0) is 22.0. The first kappa shape index (κ1) is 21.7. The highest BCUT2D eigenvalue weighted by atomic mass is 32.2. The monoisotopic (exact) mass is 444 g/mol. The smallest absolute Gasteiger partial charge is 0.255 e. The van der Waals surface area contributed by atoms with E-state index in [1.54, 1.807) is 6.92 Å². The first-order valence-corrected chi connectivity index (χ1v) is 12.4. The Bertz CT molecular complexity index is 1110. The molecule has 3 heterocycles. The topological polar surface area (TPSA) is 103 Å². The van der Waals surface area contributed by atoms with Crippen LogP contribution in [0.1, 0.15) is 54.9 Å². The van der Waals surface area contributed by atoms with Crippen LogP contribution >= 0.6 is 0 Å². The maximum Gasteiger partial charge on any atom is 0.255 e. The molecule has 0 unspecified atom stereocenters. The minimum absolute atomic E-state index is 0.00626. The lowest BCUT2D eigenvalue weighted by Gasteiger charge is -2.36. The Morgan fingerprint density at radius 1 is 1.19 bits per heavy atom. The number of aromatic nitrogens is 2. The Labute approximate surface area is 182 Å². The molecule has 1 saturated heterocycles. The van der Waals surface area contributed by atoms with Crippen LogP contribution in [0.4, 0.5) is 0 Å². The molecular weight excluding hydrogens is 416 g/mol. The summed E-state index contributed by atoms with van der Waals surface area (Å²) in [6, 6.07) is 9.37. The lowest BCUT2D eigenvalue weighted by molar-refractivity contribution is -0.134. The van der Waals surface area contributed by atoms with E-state index in [0.717, 1.165) is 24.8 Å². The molecule has 1 atom stereocenters. The fourth-order valence-corrected chi connectivity index (χ4v) is 5.44. The predicted octanol–water partition coefficient (Wildman–Crippen LogP) is 1.77. The zero-order valence-corrected chi connectivity index (χ0v) is 18.5. The van der Waals surface area contributed by atoms with Gasteiger partial charge >= 0.3 is 0 Å². The quantitative estimate of drug-likeness (QED) is 0.757. The number of carbonyl (C=O) groups excluding carboxylic acids is 1. The SMILES string of the molecule is CCS(=O)(=O)N1CCc2nc([C@H]3CCCCN3C(=O)Cc3ccccc3)[nH]c(=O)c2C1. The Hall–Kier alpha value is -2.52. The fraction of sp³-hybridized carbons (Fsp3) is 0.500. The number of hydrogen-bond acceptors (Lipinski definition) is 5. The number of rotatable bonds is 5. The molecule has 0 bridgehead atoms. The van der Waals surface area contributed by atoms with Gasteiger partial charge in [-0.15, -0.1) is 0 Å². The van der Waals surface area contributed by atoms with Crippen LogP contribution in [0.3, 0.4) is 0 Å². The van der Waals surface area contributed by atoms with Crippen LogP contribution in [0.25, 0.3) is 0 Å². The molecule has 1 fully saturated rings. The Morgan fingerprint density at radius 2 is 1.97 bits per heavy atom. The summed E-state index contributed by atoms with van der Waals surface area (Å²) in [6.45, 7) is 2.61. The van der Waals surface area contributed by atoms with Gasteiger partial charge in [0.2, 0.25) is 15.9 Å². The third-order valence-corrected chi connectivity index (χ3v) is 7.98. The minimum atomic E-state index is -3.36. The van der Waals surface area contributed by atoms with Crippen molar-refractivity contribution in [3.63, 3.8) is 0 Å². The van der Waals surface area contributed by atoms with Gasteiger partial charge in [0.1, 0.15) is 5.82 Å². The molecule has 166 valence electrons. The molecule has 2 aliphatic rings. The van der Waals surface area contributed by atoms with Crippen molar-refractivity contribution in [3.05, 3.63) is 63.3 Å². The van der Waals surface area contributed by atoms with E-state index < -0.39 is 10.0 Å². The normalized spacial score (nSPS) is 19.8. The highest BCUT2D eigenvalue weighted by Crippen LogP contribution is 2.30. The van der Waals surface area contributed by atoms with Gasteiger partial charge in [-0.05, 0) is 31.7 Å². The molecule has 1 amide bonds. The lowest BCUT2D eigenvalue weighted by atomic mass is 9.99. The van der Waals surface area contributed by atoms with Crippen molar-refractivity contribution in [1.82, 2.24) is 19.2 Å². The second-order valence-corrected chi connectivity index (χ2v) is 10.4. The Balaban J connectivity index is 1.59. The molecule has 2 aliphatic heterocycles. The van der Waals surface area contributed by atoms with Gasteiger partial charge in [-0.1, -0.05) is 30.3 Å². The number of sulfonamides is 1. The summed E-state index contributed by atoms with van der Waals surface area (Å²) in [4.78, 5) is 35.3. The Kier molecular flexibility index (Phi) is 6.24. The van der Waals surface area contributed by atoms with Gasteiger partial charge in [0, 0.05) is 26.1 Å². The molecule has 0 spiro atoms. The number of amides is 1. The van der Waals surface area contributed by atoms with Crippen molar-refractivity contribution >= 4 is 15.9 Å². The maximum atomic E-state index is 13.0. The lowest BCUT2D eigenvalue weighted by Crippen LogP contribution is -2.43. The maximum absolute atomic E-state index is 13.0. The van der Waals surface area contributed by atoms with Crippen LogP contribution in [-0.2, 0) is 34.2 Å². The van der Waals surface area contributed by atoms with Gasteiger partial charge in [0.05, 0.1) is 29.5 Å². The summed E-state index contributed by atoms with van der Waals surface area (Å²) < 4.78 is 25.8. The molecule has 2 aromatic rings. The first-order chi connectivity index (χ1) is 14.9. The third kappa shape index (κ3) is 4.57. The van der Waals surface area contributed by atoms with Crippen molar-refractivity contribution in [2.75, 3.05) is 18.8 Å². The number of aromatic amines is 1. The molecule has 0 aliphatic carbocycles. The average molecular weight is 445 g/mol. The van der Waals surface area contributed by atoms with Crippen LogP contribution in [0, 0.1) is 0 Å². The number of carbonyl (C=O) groups is 1. The van der Waals surface area contributed by atoms with Crippen molar-refractivity contribution in [1.29, 1.82) is 0 Å². The van der Waals surface area contributed by atoms with E-state index in [1.807, 2.05) is 35.2 Å². The van der Waals surface area contributed by atoms with Crippen LogP contribution in [0.15, 0.2) is 35.1 Å². The van der Waals surface area contributed by atoms with E-state index in [9.17, 15) is 18.0 Å². The van der Waals surface area contributed by atoms with Crippen molar-refractivity contribution < 1.29 is 13.2 Å². The number of likely N-dealkylation sites (tertiary alicyclic amines) is 1. The molecule has 8 nitrogen and oxygen atoms in total. The largest absolute Gasteiger partial charge is 0.332 e. The summed E-state index contributed by atoms with van der Waals surface area (Å²) in [5.41, 5.74) is 1.70. The van der Waals surface area contributed by atoms with E-state index in [2.05, 4.69) is 4.98 Å². The number of piperidine rings is 1.